The van der Waals surface area contributed by atoms with Crippen molar-refractivity contribution in [1.29, 1.82) is 0 Å². The number of hydrogen-bond acceptors (Lipinski definition) is 2. The molecule has 0 saturated heterocycles. The lowest BCUT2D eigenvalue weighted by Gasteiger charge is -2.20. The second-order valence-corrected chi connectivity index (χ2v) is 5.36. The molecule has 0 spiro atoms. The van der Waals surface area contributed by atoms with Gasteiger partial charge in [0.1, 0.15) is 11.6 Å². The maximum Gasteiger partial charge on any atom is 0.142 e. The molecule has 0 amide bonds. The van der Waals surface area contributed by atoms with E-state index in [1.165, 1.54) is 6.07 Å². The van der Waals surface area contributed by atoms with E-state index >= 15 is 0 Å². The number of hydrogen-bond donors (Lipinski definition) is 1. The number of rotatable bonds is 7. The highest BCUT2D eigenvalue weighted by molar-refractivity contribution is 6.31. The summed E-state index contributed by atoms with van der Waals surface area (Å²) in [5, 5.41) is 3.63. The van der Waals surface area contributed by atoms with Crippen LogP contribution in [0.25, 0.3) is 0 Å². The minimum atomic E-state index is -0.378. The summed E-state index contributed by atoms with van der Waals surface area (Å²) in [6.07, 6.45) is 5.44. The van der Waals surface area contributed by atoms with E-state index in [-0.39, 0.29) is 16.9 Å². The van der Waals surface area contributed by atoms with Crippen LogP contribution in [-0.4, -0.2) is 16.1 Å². The van der Waals surface area contributed by atoms with Crippen LogP contribution in [0.3, 0.4) is 0 Å². The zero-order chi connectivity index (χ0) is 15.2. The highest BCUT2D eigenvalue weighted by Crippen LogP contribution is 2.27. The SMILES string of the molecule is CCCNC(Cc1nccn1CC)c1cccc(F)c1Cl. The molecule has 0 radical (unpaired) electrons. The molecule has 1 N–H and O–H groups in total. The van der Waals surface area contributed by atoms with E-state index in [1.54, 1.807) is 12.3 Å². The van der Waals surface area contributed by atoms with Crippen molar-refractivity contribution in [2.75, 3.05) is 6.54 Å². The van der Waals surface area contributed by atoms with Gasteiger partial charge in [0, 0.05) is 31.4 Å². The van der Waals surface area contributed by atoms with Crippen LogP contribution in [0.15, 0.2) is 30.6 Å². The molecule has 1 atom stereocenters. The van der Waals surface area contributed by atoms with Gasteiger partial charge >= 0.3 is 0 Å². The zero-order valence-electron chi connectivity index (χ0n) is 12.4. The Morgan fingerprint density at radius 1 is 1.38 bits per heavy atom. The molecule has 0 aliphatic heterocycles. The van der Waals surface area contributed by atoms with Crippen molar-refractivity contribution >= 4 is 11.6 Å². The predicted molar refractivity (Wildman–Crippen MR) is 84.0 cm³/mol. The first-order valence-corrected chi connectivity index (χ1v) is 7.72. The van der Waals surface area contributed by atoms with Gasteiger partial charge in [-0.15, -0.1) is 0 Å². The summed E-state index contributed by atoms with van der Waals surface area (Å²) >= 11 is 6.14. The van der Waals surface area contributed by atoms with Crippen molar-refractivity contribution < 1.29 is 4.39 Å². The summed E-state index contributed by atoms with van der Waals surface area (Å²) in [5.74, 6) is 0.600. The van der Waals surface area contributed by atoms with Crippen molar-refractivity contribution in [1.82, 2.24) is 14.9 Å². The van der Waals surface area contributed by atoms with Gasteiger partial charge in [-0.25, -0.2) is 9.37 Å². The lowest BCUT2D eigenvalue weighted by molar-refractivity contribution is 0.503. The van der Waals surface area contributed by atoms with E-state index < -0.39 is 0 Å². The molecular formula is C16H21ClFN3. The summed E-state index contributed by atoms with van der Waals surface area (Å²) in [6, 6.07) is 4.91. The molecule has 5 heteroatoms. The Bertz CT molecular complexity index is 583. The minimum absolute atomic E-state index is 0.0409. The van der Waals surface area contributed by atoms with Gasteiger partial charge in [-0.05, 0) is 31.5 Å². The highest BCUT2D eigenvalue weighted by Gasteiger charge is 2.18. The Kier molecular flexibility index (Phi) is 5.76. The molecule has 1 unspecified atom stereocenters. The van der Waals surface area contributed by atoms with Gasteiger partial charge in [-0.2, -0.15) is 0 Å². The summed E-state index contributed by atoms with van der Waals surface area (Å²) in [7, 11) is 0. The first-order valence-electron chi connectivity index (χ1n) is 7.34. The molecule has 114 valence electrons. The minimum Gasteiger partial charge on any atom is -0.335 e. The predicted octanol–water partition coefficient (Wildman–Crippen LogP) is 3.98. The topological polar surface area (TPSA) is 29.9 Å². The van der Waals surface area contributed by atoms with Gasteiger partial charge in [0.05, 0.1) is 5.02 Å². The van der Waals surface area contributed by atoms with Crippen LogP contribution in [0.5, 0.6) is 0 Å². The normalized spacial score (nSPS) is 12.6. The van der Waals surface area contributed by atoms with Crippen molar-refractivity contribution in [3.05, 3.63) is 52.8 Å². The van der Waals surface area contributed by atoms with Crippen LogP contribution in [0.1, 0.15) is 37.7 Å². The average Bonchev–Trinajstić information content (AvgIpc) is 2.93. The third-order valence-electron chi connectivity index (χ3n) is 3.53. The van der Waals surface area contributed by atoms with Crippen LogP contribution in [0.4, 0.5) is 4.39 Å². The molecule has 1 aromatic carbocycles. The third kappa shape index (κ3) is 3.83. The van der Waals surface area contributed by atoms with Gasteiger partial charge in [0.15, 0.2) is 0 Å². The lowest BCUT2D eigenvalue weighted by atomic mass is 10.0. The van der Waals surface area contributed by atoms with Crippen molar-refractivity contribution in [3.8, 4) is 0 Å². The highest BCUT2D eigenvalue weighted by atomic mass is 35.5. The first-order chi connectivity index (χ1) is 10.2. The second-order valence-electron chi connectivity index (χ2n) is 4.98. The van der Waals surface area contributed by atoms with E-state index in [4.69, 9.17) is 11.6 Å². The van der Waals surface area contributed by atoms with E-state index in [0.717, 1.165) is 30.9 Å². The van der Waals surface area contributed by atoms with E-state index in [1.807, 2.05) is 12.3 Å². The van der Waals surface area contributed by atoms with Gasteiger partial charge in [-0.1, -0.05) is 30.7 Å². The van der Waals surface area contributed by atoms with Crippen LogP contribution < -0.4 is 5.32 Å². The Balaban J connectivity index is 2.28. The van der Waals surface area contributed by atoms with E-state index in [9.17, 15) is 4.39 Å². The van der Waals surface area contributed by atoms with Crippen LogP contribution >= 0.6 is 11.6 Å². The fourth-order valence-electron chi connectivity index (χ4n) is 2.40. The van der Waals surface area contributed by atoms with Crippen LogP contribution in [0, 0.1) is 5.82 Å². The summed E-state index contributed by atoms with van der Waals surface area (Å²) < 4.78 is 15.8. The first kappa shape index (κ1) is 16.0. The molecule has 2 rings (SSSR count). The molecule has 0 aliphatic carbocycles. The number of aryl methyl sites for hydroxylation is 1. The molecule has 0 aliphatic rings. The standard InChI is InChI=1S/C16H21ClFN3/c1-3-8-19-14(11-15-20-9-10-21(15)4-2)12-6-5-7-13(18)16(12)17/h5-7,9-10,14,19H,3-4,8,11H2,1-2H3. The molecule has 1 heterocycles. The van der Waals surface area contributed by atoms with Crippen molar-refractivity contribution in [2.24, 2.45) is 0 Å². The number of benzene rings is 1. The van der Waals surface area contributed by atoms with Gasteiger partial charge in [0.2, 0.25) is 0 Å². The van der Waals surface area contributed by atoms with Crippen LogP contribution in [0.2, 0.25) is 5.02 Å². The number of aromatic nitrogens is 2. The zero-order valence-corrected chi connectivity index (χ0v) is 13.2. The van der Waals surface area contributed by atoms with Gasteiger partial charge < -0.3 is 9.88 Å². The molecular weight excluding hydrogens is 289 g/mol. The largest absolute Gasteiger partial charge is 0.335 e. The monoisotopic (exact) mass is 309 g/mol. The Morgan fingerprint density at radius 2 is 2.19 bits per heavy atom. The maximum atomic E-state index is 13.7. The Labute approximate surface area is 130 Å². The van der Waals surface area contributed by atoms with E-state index in [0.29, 0.717) is 6.42 Å². The van der Waals surface area contributed by atoms with E-state index in [2.05, 4.69) is 28.7 Å². The summed E-state index contributed by atoms with van der Waals surface area (Å²) in [5.41, 5.74) is 0.788. The summed E-state index contributed by atoms with van der Waals surface area (Å²) in [6.45, 7) is 5.90. The number of imidazole rings is 1. The molecule has 0 fully saturated rings. The Morgan fingerprint density at radius 3 is 2.90 bits per heavy atom. The van der Waals surface area contributed by atoms with Crippen molar-refractivity contribution in [2.45, 2.75) is 39.3 Å². The third-order valence-corrected chi connectivity index (χ3v) is 3.93. The van der Waals surface area contributed by atoms with Crippen molar-refractivity contribution in [3.63, 3.8) is 0 Å². The fraction of sp³-hybridized carbons (Fsp3) is 0.438. The molecule has 21 heavy (non-hydrogen) atoms. The molecule has 1 aromatic heterocycles. The quantitative estimate of drug-likeness (QED) is 0.838. The maximum absolute atomic E-state index is 13.7. The number of nitrogens with zero attached hydrogens (tertiary/aromatic N) is 2. The summed E-state index contributed by atoms with van der Waals surface area (Å²) in [4.78, 5) is 4.40. The van der Waals surface area contributed by atoms with Gasteiger partial charge in [0.25, 0.3) is 0 Å². The second kappa shape index (κ2) is 7.57. The molecule has 2 aromatic rings. The van der Waals surface area contributed by atoms with Gasteiger partial charge in [-0.3, -0.25) is 0 Å². The molecule has 0 saturated carbocycles. The lowest BCUT2D eigenvalue weighted by Crippen LogP contribution is -2.25. The molecule has 0 bridgehead atoms. The fourth-order valence-corrected chi connectivity index (χ4v) is 2.66. The smallest absolute Gasteiger partial charge is 0.142 e. The Hall–Kier alpha value is -1.39. The molecule has 3 nitrogen and oxygen atoms in total. The number of nitrogens with one attached hydrogen (secondary N) is 1. The average molecular weight is 310 g/mol. The van der Waals surface area contributed by atoms with Crippen LogP contribution in [-0.2, 0) is 13.0 Å². The number of halogens is 2.